The minimum atomic E-state index is -1.20. The van der Waals surface area contributed by atoms with E-state index >= 15 is 0 Å². The Morgan fingerprint density at radius 1 is 1.10 bits per heavy atom. The lowest BCUT2D eigenvalue weighted by Crippen LogP contribution is -2.43. The third-order valence-corrected chi connectivity index (χ3v) is 5.22. The summed E-state index contributed by atoms with van der Waals surface area (Å²) in [6.07, 6.45) is -0.278. The van der Waals surface area contributed by atoms with Gasteiger partial charge in [-0.25, -0.2) is 9.59 Å². The maximum absolute atomic E-state index is 12.6. The molecular formula is C23H23NO7. The quantitative estimate of drug-likeness (QED) is 0.497. The first-order valence-electron chi connectivity index (χ1n) is 9.61. The number of aryl methyl sites for hydroxylation is 2. The summed E-state index contributed by atoms with van der Waals surface area (Å²) in [6.45, 7) is 3.50. The standard InChI is InChI=1S/C23H23NO7/c1-12-16-8-9-19(30-3)13(2)21(16)31-23(29)17(12)11-20(26)24-18(22(27)28)10-14-4-6-15(25)7-5-14/h4-9,18,25H,10-11H2,1-3H3,(H,24,26)(H,27,28)/t18-/m0/s1. The number of hydrogen-bond donors (Lipinski definition) is 3. The maximum atomic E-state index is 12.6. The van der Waals surface area contributed by atoms with Crippen molar-refractivity contribution in [2.45, 2.75) is 32.7 Å². The maximum Gasteiger partial charge on any atom is 0.340 e. The van der Waals surface area contributed by atoms with Gasteiger partial charge in [0, 0.05) is 17.4 Å². The number of benzene rings is 2. The Kier molecular flexibility index (Phi) is 6.29. The summed E-state index contributed by atoms with van der Waals surface area (Å²) in [4.78, 5) is 36.7. The van der Waals surface area contributed by atoms with Gasteiger partial charge in [-0.15, -0.1) is 0 Å². The summed E-state index contributed by atoms with van der Waals surface area (Å²) in [5.41, 5.74) is 1.82. The topological polar surface area (TPSA) is 126 Å². The van der Waals surface area contributed by atoms with Crippen LogP contribution in [0.25, 0.3) is 11.0 Å². The summed E-state index contributed by atoms with van der Waals surface area (Å²) in [5.74, 6) is -1.16. The fraction of sp³-hybridized carbons (Fsp3) is 0.261. The average Bonchev–Trinajstić information content (AvgIpc) is 2.73. The normalized spacial score (nSPS) is 11.8. The molecule has 0 aliphatic heterocycles. The highest BCUT2D eigenvalue weighted by atomic mass is 16.5. The lowest BCUT2D eigenvalue weighted by Gasteiger charge is -2.16. The number of hydrogen-bond acceptors (Lipinski definition) is 6. The molecule has 1 amide bonds. The zero-order chi connectivity index (χ0) is 22.7. The minimum Gasteiger partial charge on any atom is -0.508 e. The van der Waals surface area contributed by atoms with Crippen molar-refractivity contribution in [1.82, 2.24) is 5.32 Å². The van der Waals surface area contributed by atoms with Crippen LogP contribution in [0, 0.1) is 13.8 Å². The van der Waals surface area contributed by atoms with Crippen molar-refractivity contribution in [2.75, 3.05) is 7.11 Å². The zero-order valence-corrected chi connectivity index (χ0v) is 17.4. The molecule has 0 fully saturated rings. The van der Waals surface area contributed by atoms with Crippen molar-refractivity contribution in [3.8, 4) is 11.5 Å². The predicted molar refractivity (Wildman–Crippen MR) is 114 cm³/mol. The van der Waals surface area contributed by atoms with Crippen molar-refractivity contribution in [2.24, 2.45) is 0 Å². The Bertz CT molecular complexity index is 1200. The molecule has 1 aromatic heterocycles. The molecule has 0 spiro atoms. The van der Waals surface area contributed by atoms with Crippen LogP contribution >= 0.6 is 0 Å². The Morgan fingerprint density at radius 2 is 1.77 bits per heavy atom. The number of ether oxygens (including phenoxy) is 1. The average molecular weight is 425 g/mol. The molecule has 162 valence electrons. The first-order chi connectivity index (χ1) is 14.7. The Balaban J connectivity index is 1.83. The summed E-state index contributed by atoms with van der Waals surface area (Å²) >= 11 is 0. The number of fused-ring (bicyclic) bond motifs is 1. The summed E-state index contributed by atoms with van der Waals surface area (Å²) < 4.78 is 10.7. The van der Waals surface area contributed by atoms with Gasteiger partial charge in [-0.1, -0.05) is 12.1 Å². The SMILES string of the molecule is COc1ccc2c(C)c(CC(=O)N[C@@H](Cc3ccc(O)cc3)C(=O)O)c(=O)oc2c1C. The van der Waals surface area contributed by atoms with E-state index < -0.39 is 23.5 Å². The van der Waals surface area contributed by atoms with Crippen LogP contribution in [0.2, 0.25) is 0 Å². The van der Waals surface area contributed by atoms with Gasteiger partial charge in [0.1, 0.15) is 23.1 Å². The molecule has 8 heteroatoms. The largest absolute Gasteiger partial charge is 0.508 e. The van der Waals surface area contributed by atoms with E-state index in [0.29, 0.717) is 33.4 Å². The van der Waals surface area contributed by atoms with E-state index in [1.54, 1.807) is 38.1 Å². The number of amides is 1. The summed E-state index contributed by atoms with van der Waals surface area (Å²) in [5, 5.41) is 22.0. The van der Waals surface area contributed by atoms with E-state index in [1.165, 1.54) is 19.2 Å². The van der Waals surface area contributed by atoms with Crippen LogP contribution < -0.4 is 15.7 Å². The van der Waals surface area contributed by atoms with Crippen LogP contribution in [-0.4, -0.2) is 35.2 Å². The molecule has 0 radical (unpaired) electrons. The monoisotopic (exact) mass is 425 g/mol. The molecule has 3 rings (SSSR count). The molecule has 0 saturated carbocycles. The van der Waals surface area contributed by atoms with E-state index in [9.17, 15) is 24.6 Å². The molecule has 2 aromatic carbocycles. The van der Waals surface area contributed by atoms with Crippen LogP contribution in [-0.2, 0) is 22.4 Å². The molecule has 1 atom stereocenters. The molecule has 3 aromatic rings. The van der Waals surface area contributed by atoms with Crippen LogP contribution in [0.4, 0.5) is 0 Å². The van der Waals surface area contributed by atoms with Gasteiger partial charge in [-0.05, 0) is 49.2 Å². The Hall–Kier alpha value is -3.81. The van der Waals surface area contributed by atoms with Gasteiger partial charge >= 0.3 is 11.6 Å². The van der Waals surface area contributed by atoms with Crippen LogP contribution in [0.15, 0.2) is 45.6 Å². The second-order valence-electron chi connectivity index (χ2n) is 7.27. The lowest BCUT2D eigenvalue weighted by atomic mass is 10.0. The number of carboxylic acid groups (broad SMARTS) is 1. The number of aliphatic carboxylic acids is 1. The number of phenolic OH excluding ortho intramolecular Hbond substituents is 1. The van der Waals surface area contributed by atoms with Gasteiger partial charge < -0.3 is 24.7 Å². The van der Waals surface area contributed by atoms with Crippen LogP contribution in [0.3, 0.4) is 0 Å². The van der Waals surface area contributed by atoms with Crippen LogP contribution in [0.1, 0.15) is 22.3 Å². The van der Waals surface area contributed by atoms with Crippen molar-refractivity contribution in [1.29, 1.82) is 0 Å². The highest BCUT2D eigenvalue weighted by molar-refractivity contribution is 5.89. The van der Waals surface area contributed by atoms with E-state index in [0.717, 1.165) is 0 Å². The van der Waals surface area contributed by atoms with Gasteiger partial charge in [0.25, 0.3) is 0 Å². The van der Waals surface area contributed by atoms with Crippen LogP contribution in [0.5, 0.6) is 11.5 Å². The highest BCUT2D eigenvalue weighted by Gasteiger charge is 2.23. The molecule has 0 aliphatic carbocycles. The highest BCUT2D eigenvalue weighted by Crippen LogP contribution is 2.29. The molecule has 0 bridgehead atoms. The van der Waals surface area contributed by atoms with E-state index in [1.807, 2.05) is 0 Å². The Labute approximate surface area is 178 Å². The van der Waals surface area contributed by atoms with E-state index in [-0.39, 0.29) is 24.2 Å². The number of aromatic hydroxyl groups is 1. The number of phenols is 1. The molecule has 0 aliphatic rings. The molecular weight excluding hydrogens is 402 g/mol. The number of nitrogens with one attached hydrogen (secondary N) is 1. The molecule has 0 saturated heterocycles. The predicted octanol–water partition coefficient (Wildman–Crippen LogP) is 2.48. The number of rotatable bonds is 7. The third kappa shape index (κ3) is 4.69. The van der Waals surface area contributed by atoms with E-state index in [2.05, 4.69) is 5.32 Å². The summed E-state index contributed by atoms with van der Waals surface area (Å²) in [7, 11) is 1.52. The first kappa shape index (κ1) is 21.9. The smallest absolute Gasteiger partial charge is 0.340 e. The molecule has 1 heterocycles. The van der Waals surface area contributed by atoms with Gasteiger partial charge in [-0.2, -0.15) is 0 Å². The van der Waals surface area contributed by atoms with Crippen molar-refractivity contribution >= 4 is 22.8 Å². The second-order valence-corrected chi connectivity index (χ2v) is 7.27. The third-order valence-electron chi connectivity index (χ3n) is 5.22. The van der Waals surface area contributed by atoms with Gasteiger partial charge in [0.15, 0.2) is 0 Å². The van der Waals surface area contributed by atoms with Crippen molar-refractivity contribution < 1.29 is 29.0 Å². The fourth-order valence-electron chi connectivity index (χ4n) is 3.47. The molecule has 8 nitrogen and oxygen atoms in total. The van der Waals surface area contributed by atoms with E-state index in [4.69, 9.17) is 9.15 Å². The molecule has 0 unspecified atom stereocenters. The van der Waals surface area contributed by atoms with Gasteiger partial charge in [0.2, 0.25) is 5.91 Å². The number of methoxy groups -OCH3 is 1. The lowest BCUT2D eigenvalue weighted by molar-refractivity contribution is -0.141. The zero-order valence-electron chi connectivity index (χ0n) is 17.4. The number of carbonyl (C=O) groups excluding carboxylic acids is 1. The first-order valence-corrected chi connectivity index (χ1v) is 9.61. The fourth-order valence-corrected chi connectivity index (χ4v) is 3.47. The van der Waals surface area contributed by atoms with Crippen molar-refractivity contribution in [3.05, 3.63) is 69.1 Å². The molecule has 3 N–H and O–H groups in total. The van der Waals surface area contributed by atoms with Gasteiger partial charge in [0.05, 0.1) is 19.1 Å². The molecule has 31 heavy (non-hydrogen) atoms. The minimum absolute atomic E-state index is 0.0334. The van der Waals surface area contributed by atoms with Gasteiger partial charge in [-0.3, -0.25) is 4.79 Å². The van der Waals surface area contributed by atoms with Crippen molar-refractivity contribution in [3.63, 3.8) is 0 Å². The Morgan fingerprint density at radius 3 is 2.39 bits per heavy atom. The second kappa shape index (κ2) is 8.91. The number of carbonyl (C=O) groups is 2. The summed E-state index contributed by atoms with van der Waals surface area (Å²) in [6, 6.07) is 8.37. The number of carboxylic acids is 1.